The molecule has 0 aromatic heterocycles. The van der Waals surface area contributed by atoms with Crippen LogP contribution in [0, 0.1) is 11.3 Å². The van der Waals surface area contributed by atoms with Crippen LogP contribution in [0.4, 0.5) is 0 Å². The van der Waals surface area contributed by atoms with E-state index in [0.717, 1.165) is 17.5 Å². The summed E-state index contributed by atoms with van der Waals surface area (Å²) in [7, 11) is 1.34. The van der Waals surface area contributed by atoms with Crippen LogP contribution in [-0.2, 0) is 28.9 Å². The van der Waals surface area contributed by atoms with Crippen LogP contribution >= 0.6 is 0 Å². The number of methoxy groups -OCH3 is 1. The summed E-state index contributed by atoms with van der Waals surface area (Å²) >= 11 is 0. The van der Waals surface area contributed by atoms with E-state index in [9.17, 15) is 4.79 Å². The Kier molecular flexibility index (Phi) is 4.68. The molecule has 1 aromatic rings. The van der Waals surface area contributed by atoms with Crippen LogP contribution in [-0.4, -0.2) is 13.1 Å². The highest BCUT2D eigenvalue weighted by molar-refractivity contribution is 5.73. The van der Waals surface area contributed by atoms with Crippen molar-refractivity contribution >= 4 is 5.97 Å². The molecule has 0 spiro atoms. The lowest BCUT2D eigenvalue weighted by Gasteiger charge is -2.10. The number of rotatable bonds is 4. The standard InChI is InChI=1S/C13H16N2O2/c1-3-9-4-10(6-13(16)17-2)12(8-15)5-11(9)7-14/h4-5H,3,6-7,14H2,1-2H3. The molecule has 1 rings (SSSR count). The Balaban J connectivity index is 3.20. The number of esters is 1. The lowest BCUT2D eigenvalue weighted by atomic mass is 9.95. The molecule has 0 unspecified atom stereocenters. The van der Waals surface area contributed by atoms with Crippen LogP contribution in [0.1, 0.15) is 29.2 Å². The third kappa shape index (κ3) is 3.05. The van der Waals surface area contributed by atoms with Gasteiger partial charge in [0.2, 0.25) is 0 Å². The van der Waals surface area contributed by atoms with Crippen LogP contribution in [0.2, 0.25) is 0 Å². The van der Waals surface area contributed by atoms with Crippen LogP contribution in [0.25, 0.3) is 0 Å². The van der Waals surface area contributed by atoms with E-state index >= 15 is 0 Å². The molecule has 17 heavy (non-hydrogen) atoms. The molecule has 0 aliphatic rings. The predicted molar refractivity (Wildman–Crippen MR) is 64.1 cm³/mol. The molecule has 0 aliphatic heterocycles. The SMILES string of the molecule is CCc1cc(CC(=O)OC)c(C#N)cc1CN. The largest absolute Gasteiger partial charge is 0.469 e. The first-order chi connectivity index (χ1) is 8.15. The van der Waals surface area contributed by atoms with E-state index in [-0.39, 0.29) is 12.4 Å². The number of carbonyl (C=O) groups is 1. The van der Waals surface area contributed by atoms with Crippen molar-refractivity contribution < 1.29 is 9.53 Å². The summed E-state index contributed by atoms with van der Waals surface area (Å²) in [5.74, 6) is -0.343. The molecule has 0 aliphatic carbocycles. The van der Waals surface area contributed by atoms with Gasteiger partial charge in [-0.2, -0.15) is 5.26 Å². The van der Waals surface area contributed by atoms with Gasteiger partial charge in [0.15, 0.2) is 0 Å². The Hall–Kier alpha value is -1.86. The van der Waals surface area contributed by atoms with E-state index in [1.165, 1.54) is 7.11 Å². The van der Waals surface area contributed by atoms with Crippen LogP contribution in [0.15, 0.2) is 12.1 Å². The van der Waals surface area contributed by atoms with Gasteiger partial charge in [-0.05, 0) is 29.2 Å². The van der Waals surface area contributed by atoms with Gasteiger partial charge in [0.25, 0.3) is 0 Å². The third-order valence-electron chi connectivity index (χ3n) is 2.71. The molecule has 0 fully saturated rings. The van der Waals surface area contributed by atoms with Gasteiger partial charge in [0, 0.05) is 6.54 Å². The molecule has 0 atom stereocenters. The first kappa shape index (κ1) is 13.2. The highest BCUT2D eigenvalue weighted by Gasteiger charge is 2.11. The first-order valence-electron chi connectivity index (χ1n) is 5.47. The minimum absolute atomic E-state index is 0.122. The normalized spacial score (nSPS) is 9.76. The number of aryl methyl sites for hydroxylation is 1. The molecule has 90 valence electrons. The topological polar surface area (TPSA) is 76.1 Å². The van der Waals surface area contributed by atoms with Gasteiger partial charge >= 0.3 is 5.97 Å². The smallest absolute Gasteiger partial charge is 0.310 e. The summed E-state index contributed by atoms with van der Waals surface area (Å²) in [6.45, 7) is 2.42. The molecule has 0 saturated carbocycles. The van der Waals surface area contributed by atoms with Gasteiger partial charge in [-0.3, -0.25) is 4.79 Å². The van der Waals surface area contributed by atoms with E-state index in [0.29, 0.717) is 17.7 Å². The number of carbonyl (C=O) groups excluding carboxylic acids is 1. The summed E-state index contributed by atoms with van der Waals surface area (Å²) in [6.07, 6.45) is 0.948. The van der Waals surface area contributed by atoms with Gasteiger partial charge in [0.1, 0.15) is 0 Å². The Labute approximate surface area is 101 Å². The lowest BCUT2D eigenvalue weighted by Crippen LogP contribution is -2.09. The Morgan fingerprint density at radius 1 is 1.41 bits per heavy atom. The first-order valence-corrected chi connectivity index (χ1v) is 5.47. The van der Waals surface area contributed by atoms with E-state index in [1.807, 2.05) is 13.0 Å². The number of nitrogens with two attached hydrogens (primary N) is 1. The third-order valence-corrected chi connectivity index (χ3v) is 2.71. The summed E-state index contributed by atoms with van der Waals surface area (Å²) in [4.78, 5) is 11.2. The molecule has 0 saturated heterocycles. The van der Waals surface area contributed by atoms with E-state index in [1.54, 1.807) is 6.07 Å². The summed E-state index contributed by atoms with van der Waals surface area (Å²) < 4.78 is 4.61. The minimum atomic E-state index is -0.343. The van der Waals surface area contributed by atoms with Gasteiger partial charge in [-0.25, -0.2) is 0 Å². The second kappa shape index (κ2) is 6.02. The van der Waals surface area contributed by atoms with E-state index in [4.69, 9.17) is 11.0 Å². The molecule has 0 bridgehead atoms. The molecule has 4 heteroatoms. The highest BCUT2D eigenvalue weighted by Crippen LogP contribution is 2.18. The zero-order chi connectivity index (χ0) is 12.8. The molecule has 0 heterocycles. The maximum absolute atomic E-state index is 11.2. The van der Waals surface area contributed by atoms with Crippen LogP contribution in [0.5, 0.6) is 0 Å². The maximum Gasteiger partial charge on any atom is 0.310 e. The van der Waals surface area contributed by atoms with Crippen molar-refractivity contribution in [3.8, 4) is 6.07 Å². The highest BCUT2D eigenvalue weighted by atomic mass is 16.5. The fraction of sp³-hybridized carbons (Fsp3) is 0.385. The summed E-state index contributed by atoms with van der Waals surface area (Å²) in [5.41, 5.74) is 8.85. The molecular weight excluding hydrogens is 216 g/mol. The van der Waals surface area contributed by atoms with Crippen molar-refractivity contribution in [2.75, 3.05) is 7.11 Å². The Bertz CT molecular complexity index is 461. The number of hydrogen-bond donors (Lipinski definition) is 1. The summed E-state index contributed by atoms with van der Waals surface area (Å²) in [5, 5.41) is 9.04. The maximum atomic E-state index is 11.2. The fourth-order valence-electron chi connectivity index (χ4n) is 1.74. The zero-order valence-electron chi connectivity index (χ0n) is 10.1. The van der Waals surface area contributed by atoms with E-state index in [2.05, 4.69) is 10.8 Å². The van der Waals surface area contributed by atoms with Gasteiger partial charge < -0.3 is 10.5 Å². The average Bonchev–Trinajstić information content (AvgIpc) is 2.37. The number of nitrogens with zero attached hydrogens (tertiary/aromatic N) is 1. The fourth-order valence-corrected chi connectivity index (χ4v) is 1.74. The van der Waals surface area contributed by atoms with Crippen molar-refractivity contribution in [1.29, 1.82) is 5.26 Å². The van der Waals surface area contributed by atoms with Crippen LogP contribution < -0.4 is 5.73 Å². The molecule has 4 nitrogen and oxygen atoms in total. The molecular formula is C13H16N2O2. The number of benzene rings is 1. The van der Waals surface area contributed by atoms with Crippen LogP contribution in [0.3, 0.4) is 0 Å². The second-order valence-electron chi connectivity index (χ2n) is 3.70. The van der Waals surface area contributed by atoms with Crippen molar-refractivity contribution in [1.82, 2.24) is 0 Å². The van der Waals surface area contributed by atoms with Gasteiger partial charge in [-0.1, -0.05) is 13.0 Å². The number of ether oxygens (including phenoxy) is 1. The number of nitriles is 1. The van der Waals surface area contributed by atoms with E-state index < -0.39 is 0 Å². The quantitative estimate of drug-likeness (QED) is 0.794. The Morgan fingerprint density at radius 3 is 2.59 bits per heavy atom. The van der Waals surface area contributed by atoms with Crippen molar-refractivity contribution in [2.45, 2.75) is 26.3 Å². The Morgan fingerprint density at radius 2 is 2.12 bits per heavy atom. The number of hydrogen-bond acceptors (Lipinski definition) is 4. The summed E-state index contributed by atoms with van der Waals surface area (Å²) in [6, 6.07) is 5.72. The predicted octanol–water partition coefficient (Wildman–Crippen LogP) is 1.29. The zero-order valence-corrected chi connectivity index (χ0v) is 10.1. The van der Waals surface area contributed by atoms with Gasteiger partial charge in [0.05, 0.1) is 25.2 Å². The van der Waals surface area contributed by atoms with Crippen molar-refractivity contribution in [3.63, 3.8) is 0 Å². The second-order valence-corrected chi connectivity index (χ2v) is 3.70. The lowest BCUT2D eigenvalue weighted by molar-refractivity contribution is -0.139. The van der Waals surface area contributed by atoms with Crippen molar-refractivity contribution in [2.24, 2.45) is 5.73 Å². The molecule has 0 amide bonds. The van der Waals surface area contributed by atoms with Crippen molar-refractivity contribution in [3.05, 3.63) is 34.4 Å². The molecule has 2 N–H and O–H groups in total. The molecule has 0 radical (unpaired) electrons. The average molecular weight is 232 g/mol. The van der Waals surface area contributed by atoms with Gasteiger partial charge in [-0.15, -0.1) is 0 Å². The minimum Gasteiger partial charge on any atom is -0.469 e. The molecule has 1 aromatic carbocycles. The monoisotopic (exact) mass is 232 g/mol.